The van der Waals surface area contributed by atoms with Crippen molar-refractivity contribution in [1.82, 2.24) is 0 Å². The van der Waals surface area contributed by atoms with Gasteiger partial charge in [0.05, 0.1) is 13.2 Å². The fourth-order valence-corrected chi connectivity index (χ4v) is 4.15. The molecule has 1 heterocycles. The number of carbonyl (C=O) groups is 1. The normalized spacial score (nSPS) is 19.1. The third-order valence-electron chi connectivity index (χ3n) is 5.78. The Labute approximate surface area is 172 Å². The van der Waals surface area contributed by atoms with E-state index < -0.39 is 12.7 Å². The summed E-state index contributed by atoms with van der Waals surface area (Å²) in [6, 6.07) is 7.97. The van der Waals surface area contributed by atoms with E-state index >= 15 is 0 Å². The van der Waals surface area contributed by atoms with Crippen molar-refractivity contribution < 1.29 is 32.2 Å². The monoisotopic (exact) mass is 420 g/mol. The average Bonchev–Trinajstić information content (AvgIpc) is 3.19. The molecular weight excluding hydrogens is 397 g/mol. The lowest BCUT2D eigenvalue weighted by atomic mass is 9.71. The molecule has 0 amide bonds. The van der Waals surface area contributed by atoms with Crippen LogP contribution < -0.4 is 4.74 Å². The maximum atomic E-state index is 13.1. The average molecular weight is 420 g/mol. The first-order valence-electron chi connectivity index (χ1n) is 9.87. The predicted octanol–water partition coefficient (Wildman–Crippen LogP) is 5.86. The Bertz CT molecular complexity index is 989. The van der Waals surface area contributed by atoms with Crippen LogP contribution in [0, 0.1) is 6.92 Å². The Balaban J connectivity index is 1.88. The molecule has 2 aliphatic rings. The van der Waals surface area contributed by atoms with E-state index in [4.69, 9.17) is 9.47 Å². The number of benzene rings is 2. The summed E-state index contributed by atoms with van der Waals surface area (Å²) >= 11 is 0. The molecule has 4 rings (SSSR count). The summed E-state index contributed by atoms with van der Waals surface area (Å²) in [6.45, 7) is 6.82. The largest absolute Gasteiger partial charge is 0.573 e. The van der Waals surface area contributed by atoms with Gasteiger partial charge in [-0.2, -0.15) is 0 Å². The smallest absolute Gasteiger partial charge is 0.405 e. The number of Topliss-reactive ketones (excluding diaryl/α,β-unsaturated/α-hetero) is 1. The van der Waals surface area contributed by atoms with Crippen molar-refractivity contribution in [1.29, 1.82) is 0 Å². The molecule has 4 nitrogen and oxygen atoms in total. The van der Waals surface area contributed by atoms with E-state index in [0.717, 1.165) is 17.5 Å². The number of ketones is 1. The molecular formula is C23H23F3O4. The van der Waals surface area contributed by atoms with Gasteiger partial charge in [0.2, 0.25) is 0 Å². The SMILES string of the molecule is Cc1cc2c(cc1-c1cc(C3OCCO3)ccc1OC(F)(F)F)C(=O)CCC2(C)C. The maximum Gasteiger partial charge on any atom is 0.573 e. The van der Waals surface area contributed by atoms with Gasteiger partial charge in [-0.15, -0.1) is 13.2 Å². The lowest BCUT2D eigenvalue weighted by Crippen LogP contribution is -2.27. The van der Waals surface area contributed by atoms with Crippen LogP contribution in [0.1, 0.15) is 60.0 Å². The number of aryl methyl sites for hydroxylation is 1. The highest BCUT2D eigenvalue weighted by atomic mass is 19.4. The summed E-state index contributed by atoms with van der Waals surface area (Å²) in [5.74, 6) is -0.322. The molecule has 0 saturated carbocycles. The van der Waals surface area contributed by atoms with Crippen molar-refractivity contribution in [2.24, 2.45) is 0 Å². The molecule has 7 heteroatoms. The summed E-state index contributed by atoms with van der Waals surface area (Å²) in [5, 5.41) is 0. The first kappa shape index (κ1) is 20.9. The number of halogens is 3. The van der Waals surface area contributed by atoms with E-state index in [-0.39, 0.29) is 22.5 Å². The molecule has 0 bridgehead atoms. The first-order chi connectivity index (χ1) is 14.0. The molecule has 0 aromatic heterocycles. The van der Waals surface area contributed by atoms with Crippen molar-refractivity contribution >= 4 is 5.78 Å². The highest BCUT2D eigenvalue weighted by Gasteiger charge is 2.35. The third kappa shape index (κ3) is 3.96. The van der Waals surface area contributed by atoms with Crippen molar-refractivity contribution in [3.05, 3.63) is 52.6 Å². The fraction of sp³-hybridized carbons (Fsp3) is 0.435. The molecule has 0 radical (unpaired) electrons. The zero-order valence-corrected chi connectivity index (χ0v) is 17.1. The first-order valence-corrected chi connectivity index (χ1v) is 9.87. The predicted molar refractivity (Wildman–Crippen MR) is 105 cm³/mol. The Morgan fingerprint density at radius 3 is 2.40 bits per heavy atom. The van der Waals surface area contributed by atoms with Gasteiger partial charge in [-0.3, -0.25) is 4.79 Å². The van der Waals surface area contributed by atoms with Gasteiger partial charge >= 0.3 is 6.36 Å². The molecule has 0 atom stereocenters. The number of carbonyl (C=O) groups excluding carboxylic acids is 1. The van der Waals surface area contributed by atoms with Crippen molar-refractivity contribution in [2.45, 2.75) is 51.7 Å². The number of alkyl halides is 3. The number of hydrogen-bond donors (Lipinski definition) is 0. The van der Waals surface area contributed by atoms with E-state index in [2.05, 4.69) is 18.6 Å². The molecule has 0 spiro atoms. The molecule has 1 aliphatic heterocycles. The zero-order chi connectivity index (χ0) is 21.7. The lowest BCUT2D eigenvalue weighted by molar-refractivity contribution is -0.274. The summed E-state index contributed by atoms with van der Waals surface area (Å²) in [4.78, 5) is 12.6. The van der Waals surface area contributed by atoms with Crippen LogP contribution in [0.5, 0.6) is 5.75 Å². The van der Waals surface area contributed by atoms with Crippen LogP contribution in [0.15, 0.2) is 30.3 Å². The lowest BCUT2D eigenvalue weighted by Gasteiger charge is -2.32. The van der Waals surface area contributed by atoms with Gasteiger partial charge < -0.3 is 14.2 Å². The Kier molecular flexibility index (Phi) is 5.14. The van der Waals surface area contributed by atoms with Crippen LogP contribution in [0.25, 0.3) is 11.1 Å². The van der Waals surface area contributed by atoms with Crippen LogP contribution in [-0.2, 0) is 14.9 Å². The molecule has 30 heavy (non-hydrogen) atoms. The van der Waals surface area contributed by atoms with Crippen LogP contribution >= 0.6 is 0 Å². The minimum atomic E-state index is -4.84. The summed E-state index contributed by atoms with van der Waals surface area (Å²) in [7, 11) is 0. The van der Waals surface area contributed by atoms with Crippen LogP contribution in [-0.4, -0.2) is 25.4 Å². The van der Waals surface area contributed by atoms with Crippen LogP contribution in [0.4, 0.5) is 13.2 Å². The molecule has 0 N–H and O–H groups in total. The number of hydrogen-bond acceptors (Lipinski definition) is 4. The van der Waals surface area contributed by atoms with Gasteiger partial charge in [0.25, 0.3) is 0 Å². The second-order valence-electron chi connectivity index (χ2n) is 8.40. The molecule has 0 unspecified atom stereocenters. The standard InChI is InChI=1S/C23H23F3O4/c1-13-10-18-17(19(27)6-7-22(18,2)3)12-15(13)16-11-14(21-28-8-9-29-21)4-5-20(16)30-23(24,25)26/h4-5,10-12,21H,6-9H2,1-3H3. The fourth-order valence-electron chi connectivity index (χ4n) is 4.15. The number of rotatable bonds is 3. The summed E-state index contributed by atoms with van der Waals surface area (Å²) in [6.07, 6.45) is -4.32. The topological polar surface area (TPSA) is 44.8 Å². The van der Waals surface area contributed by atoms with Crippen molar-refractivity contribution in [2.75, 3.05) is 13.2 Å². The van der Waals surface area contributed by atoms with Crippen molar-refractivity contribution in [3.8, 4) is 16.9 Å². The highest BCUT2D eigenvalue weighted by Crippen LogP contribution is 2.43. The summed E-state index contributed by atoms with van der Waals surface area (Å²) < 4.78 is 54.4. The quantitative estimate of drug-likeness (QED) is 0.624. The van der Waals surface area contributed by atoms with E-state index in [9.17, 15) is 18.0 Å². The molecule has 2 aromatic carbocycles. The minimum absolute atomic E-state index is 0.00230. The van der Waals surface area contributed by atoms with Gasteiger partial charge in [0.1, 0.15) is 5.75 Å². The van der Waals surface area contributed by atoms with E-state index in [1.54, 1.807) is 12.1 Å². The Morgan fingerprint density at radius 1 is 1.03 bits per heavy atom. The van der Waals surface area contributed by atoms with Gasteiger partial charge in [0, 0.05) is 23.1 Å². The maximum absolute atomic E-state index is 13.1. The zero-order valence-electron chi connectivity index (χ0n) is 17.1. The molecule has 2 aromatic rings. The van der Waals surface area contributed by atoms with Gasteiger partial charge in [0.15, 0.2) is 12.1 Å². The Morgan fingerprint density at radius 2 is 1.73 bits per heavy atom. The van der Waals surface area contributed by atoms with Crippen LogP contribution in [0.2, 0.25) is 0 Å². The number of fused-ring (bicyclic) bond motifs is 1. The number of ether oxygens (including phenoxy) is 3. The van der Waals surface area contributed by atoms with Crippen LogP contribution in [0.3, 0.4) is 0 Å². The van der Waals surface area contributed by atoms with Crippen molar-refractivity contribution in [3.63, 3.8) is 0 Å². The highest BCUT2D eigenvalue weighted by molar-refractivity contribution is 6.00. The molecule has 160 valence electrons. The molecule has 1 fully saturated rings. The molecule has 1 saturated heterocycles. The molecule has 1 aliphatic carbocycles. The second-order valence-corrected chi connectivity index (χ2v) is 8.40. The van der Waals surface area contributed by atoms with E-state index in [0.29, 0.717) is 36.3 Å². The van der Waals surface area contributed by atoms with Gasteiger partial charge in [-0.25, -0.2) is 0 Å². The third-order valence-corrected chi connectivity index (χ3v) is 5.78. The Hall–Kier alpha value is -2.38. The second kappa shape index (κ2) is 7.39. The minimum Gasteiger partial charge on any atom is -0.405 e. The summed E-state index contributed by atoms with van der Waals surface area (Å²) in [5.41, 5.74) is 3.46. The van der Waals surface area contributed by atoms with Gasteiger partial charge in [-0.1, -0.05) is 26.0 Å². The van der Waals surface area contributed by atoms with Gasteiger partial charge in [-0.05, 0) is 53.6 Å². The van der Waals surface area contributed by atoms with E-state index in [1.165, 1.54) is 12.1 Å². The van der Waals surface area contributed by atoms with E-state index in [1.807, 2.05) is 13.0 Å².